The van der Waals surface area contributed by atoms with Gasteiger partial charge in [-0.1, -0.05) is 32.0 Å². The summed E-state index contributed by atoms with van der Waals surface area (Å²) in [6.07, 6.45) is 0.847. The van der Waals surface area contributed by atoms with Gasteiger partial charge >= 0.3 is 12.0 Å². The lowest BCUT2D eigenvalue weighted by molar-refractivity contribution is -0.138. The molecule has 0 heterocycles. The van der Waals surface area contributed by atoms with Gasteiger partial charge in [0.15, 0.2) is 0 Å². The molecule has 0 radical (unpaired) electrons. The van der Waals surface area contributed by atoms with E-state index in [4.69, 9.17) is 5.11 Å². The Morgan fingerprint density at radius 2 is 1.90 bits per heavy atom. The summed E-state index contributed by atoms with van der Waals surface area (Å²) in [5.41, 5.74) is 1.74. The number of amides is 2. The second kappa shape index (κ2) is 8.29. The van der Waals surface area contributed by atoms with Gasteiger partial charge in [0.25, 0.3) is 0 Å². The summed E-state index contributed by atoms with van der Waals surface area (Å²) in [6.45, 7) is 6.37. The van der Waals surface area contributed by atoms with E-state index in [2.05, 4.69) is 10.6 Å². The smallest absolute Gasteiger partial charge is 0.319 e. The number of nitrogens with one attached hydrogen (secondary N) is 2. The molecule has 0 aliphatic rings. The van der Waals surface area contributed by atoms with Crippen LogP contribution in [0.2, 0.25) is 0 Å². The first-order valence-corrected chi connectivity index (χ1v) is 7.20. The standard InChI is InChI=1S/C16H24N2O3/c1-11(2)8-13(9-15(19)20)10-17-16(21)18-14-7-5-4-6-12(14)3/h4-7,11,13H,8-10H2,1-3H3,(H,19,20)(H2,17,18,21). The lowest BCUT2D eigenvalue weighted by atomic mass is 9.94. The minimum atomic E-state index is -0.832. The Hall–Kier alpha value is -2.04. The summed E-state index contributed by atoms with van der Waals surface area (Å²) in [4.78, 5) is 22.7. The molecule has 0 aromatic heterocycles. The quantitative estimate of drug-likeness (QED) is 0.721. The maximum absolute atomic E-state index is 11.9. The maximum Gasteiger partial charge on any atom is 0.319 e. The molecule has 0 aliphatic heterocycles. The second-order valence-electron chi connectivity index (χ2n) is 5.74. The van der Waals surface area contributed by atoms with Crippen molar-refractivity contribution in [3.63, 3.8) is 0 Å². The number of anilines is 1. The van der Waals surface area contributed by atoms with Crippen LogP contribution < -0.4 is 10.6 Å². The maximum atomic E-state index is 11.9. The molecule has 116 valence electrons. The number of carbonyl (C=O) groups is 2. The van der Waals surface area contributed by atoms with E-state index in [1.165, 1.54) is 0 Å². The van der Waals surface area contributed by atoms with Crippen LogP contribution in [0.4, 0.5) is 10.5 Å². The Kier molecular flexibility index (Phi) is 6.72. The van der Waals surface area contributed by atoms with Gasteiger partial charge in [0.1, 0.15) is 0 Å². The molecule has 1 aromatic carbocycles. The van der Waals surface area contributed by atoms with Gasteiger partial charge in [-0.3, -0.25) is 4.79 Å². The summed E-state index contributed by atoms with van der Waals surface area (Å²) >= 11 is 0. The van der Waals surface area contributed by atoms with Crippen molar-refractivity contribution in [3.8, 4) is 0 Å². The SMILES string of the molecule is Cc1ccccc1NC(=O)NCC(CC(=O)O)CC(C)C. The van der Waals surface area contributed by atoms with Crippen molar-refractivity contribution in [1.29, 1.82) is 0 Å². The number of urea groups is 1. The number of carbonyl (C=O) groups excluding carboxylic acids is 1. The minimum absolute atomic E-state index is 0.0508. The van der Waals surface area contributed by atoms with Crippen molar-refractivity contribution in [3.05, 3.63) is 29.8 Å². The summed E-state index contributed by atoms with van der Waals surface area (Å²) in [5, 5.41) is 14.4. The van der Waals surface area contributed by atoms with Gasteiger partial charge in [-0.2, -0.15) is 0 Å². The van der Waals surface area contributed by atoms with Gasteiger partial charge in [0.2, 0.25) is 0 Å². The van der Waals surface area contributed by atoms with Gasteiger partial charge in [0, 0.05) is 18.7 Å². The zero-order chi connectivity index (χ0) is 15.8. The van der Waals surface area contributed by atoms with Crippen molar-refractivity contribution >= 4 is 17.7 Å². The normalized spacial score (nSPS) is 12.0. The molecule has 0 saturated carbocycles. The van der Waals surface area contributed by atoms with Crippen LogP contribution in [0.15, 0.2) is 24.3 Å². The molecule has 1 aromatic rings. The van der Waals surface area contributed by atoms with Gasteiger partial charge < -0.3 is 15.7 Å². The third-order valence-corrected chi connectivity index (χ3v) is 3.21. The molecule has 0 bridgehead atoms. The highest BCUT2D eigenvalue weighted by molar-refractivity contribution is 5.90. The van der Waals surface area contributed by atoms with Crippen LogP contribution >= 0.6 is 0 Å². The number of hydrogen-bond donors (Lipinski definition) is 3. The average Bonchev–Trinajstić information content (AvgIpc) is 2.37. The Morgan fingerprint density at radius 1 is 1.24 bits per heavy atom. The molecule has 5 heteroatoms. The molecule has 0 aliphatic carbocycles. The first-order valence-electron chi connectivity index (χ1n) is 7.20. The predicted molar refractivity (Wildman–Crippen MR) is 83.4 cm³/mol. The number of carboxylic acid groups (broad SMARTS) is 1. The van der Waals surface area contributed by atoms with E-state index >= 15 is 0 Å². The van der Waals surface area contributed by atoms with E-state index in [1.807, 2.05) is 45.0 Å². The first kappa shape index (κ1) is 17.0. The number of benzene rings is 1. The topological polar surface area (TPSA) is 78.4 Å². The van der Waals surface area contributed by atoms with Crippen LogP contribution in [0.5, 0.6) is 0 Å². The molecule has 1 unspecified atom stereocenters. The van der Waals surface area contributed by atoms with Crippen LogP contribution in [-0.2, 0) is 4.79 Å². The fourth-order valence-electron chi connectivity index (χ4n) is 2.27. The number of rotatable bonds is 7. The van der Waals surface area contributed by atoms with Crippen LogP contribution in [0.3, 0.4) is 0 Å². The monoisotopic (exact) mass is 292 g/mol. The van der Waals surface area contributed by atoms with Crippen LogP contribution in [0.1, 0.15) is 32.3 Å². The lowest BCUT2D eigenvalue weighted by Gasteiger charge is -2.18. The summed E-state index contributed by atoms with van der Waals surface area (Å²) in [5.74, 6) is -0.484. The third-order valence-electron chi connectivity index (χ3n) is 3.21. The van der Waals surface area contributed by atoms with Gasteiger partial charge in [-0.15, -0.1) is 0 Å². The first-order chi connectivity index (χ1) is 9.88. The van der Waals surface area contributed by atoms with Crippen molar-refractivity contribution < 1.29 is 14.7 Å². The fraction of sp³-hybridized carbons (Fsp3) is 0.500. The second-order valence-corrected chi connectivity index (χ2v) is 5.74. The molecule has 1 rings (SSSR count). The van der Waals surface area contributed by atoms with Crippen LogP contribution in [0.25, 0.3) is 0 Å². The van der Waals surface area contributed by atoms with Crippen molar-refractivity contribution in [1.82, 2.24) is 5.32 Å². The number of hydrogen-bond acceptors (Lipinski definition) is 2. The van der Waals surface area contributed by atoms with E-state index in [0.29, 0.717) is 12.5 Å². The summed E-state index contributed by atoms with van der Waals surface area (Å²) in [6, 6.07) is 7.21. The zero-order valence-corrected chi connectivity index (χ0v) is 12.8. The van der Waals surface area contributed by atoms with E-state index in [1.54, 1.807) is 0 Å². The van der Waals surface area contributed by atoms with E-state index in [-0.39, 0.29) is 18.4 Å². The van der Waals surface area contributed by atoms with E-state index < -0.39 is 5.97 Å². The highest BCUT2D eigenvalue weighted by Gasteiger charge is 2.16. The van der Waals surface area contributed by atoms with Gasteiger partial charge in [-0.25, -0.2) is 4.79 Å². The van der Waals surface area contributed by atoms with Crippen molar-refractivity contribution in [2.75, 3.05) is 11.9 Å². The summed E-state index contributed by atoms with van der Waals surface area (Å²) in [7, 11) is 0. The van der Waals surface area contributed by atoms with Gasteiger partial charge in [-0.05, 0) is 36.8 Å². The van der Waals surface area contributed by atoms with E-state index in [9.17, 15) is 9.59 Å². The Morgan fingerprint density at radius 3 is 2.48 bits per heavy atom. The van der Waals surface area contributed by atoms with Crippen LogP contribution in [0, 0.1) is 18.8 Å². The molecule has 3 N–H and O–H groups in total. The van der Waals surface area contributed by atoms with Crippen molar-refractivity contribution in [2.24, 2.45) is 11.8 Å². The Bertz CT molecular complexity index is 486. The molecular weight excluding hydrogens is 268 g/mol. The molecule has 5 nitrogen and oxygen atoms in total. The zero-order valence-electron chi connectivity index (χ0n) is 12.8. The third kappa shape index (κ3) is 6.79. The molecule has 2 amide bonds. The Labute approximate surface area is 125 Å². The average molecular weight is 292 g/mol. The molecular formula is C16H24N2O3. The molecule has 1 atom stereocenters. The molecule has 0 fully saturated rings. The summed E-state index contributed by atoms with van der Waals surface area (Å²) < 4.78 is 0. The Balaban J connectivity index is 2.49. The fourth-order valence-corrected chi connectivity index (χ4v) is 2.27. The predicted octanol–water partition coefficient (Wildman–Crippen LogP) is 3.25. The largest absolute Gasteiger partial charge is 0.481 e. The van der Waals surface area contributed by atoms with Gasteiger partial charge in [0.05, 0.1) is 0 Å². The number of carboxylic acids is 1. The van der Waals surface area contributed by atoms with Crippen LogP contribution in [-0.4, -0.2) is 23.7 Å². The molecule has 0 saturated heterocycles. The lowest BCUT2D eigenvalue weighted by Crippen LogP contribution is -2.34. The molecule has 0 spiro atoms. The highest BCUT2D eigenvalue weighted by Crippen LogP contribution is 2.15. The van der Waals surface area contributed by atoms with Crippen molar-refractivity contribution in [2.45, 2.75) is 33.6 Å². The highest BCUT2D eigenvalue weighted by atomic mass is 16.4. The number of aryl methyl sites for hydroxylation is 1. The number of aliphatic carboxylic acids is 1. The minimum Gasteiger partial charge on any atom is -0.481 e. The molecule has 21 heavy (non-hydrogen) atoms. The van der Waals surface area contributed by atoms with E-state index in [0.717, 1.165) is 17.7 Å². The number of para-hydroxylation sites is 1.